The van der Waals surface area contributed by atoms with Crippen molar-refractivity contribution in [3.8, 4) is 5.75 Å². The third kappa shape index (κ3) is 5.46. The van der Waals surface area contributed by atoms with Crippen molar-refractivity contribution in [2.75, 3.05) is 13.1 Å². The SMILES string of the molecule is Cc1noc(C)c1COc1ccccc1C(=O)N1CCC(C(=O)NC(C)C(C)C)CC1. The van der Waals surface area contributed by atoms with E-state index in [4.69, 9.17) is 9.26 Å². The predicted molar refractivity (Wildman–Crippen MR) is 118 cm³/mol. The van der Waals surface area contributed by atoms with E-state index in [0.29, 0.717) is 55.5 Å². The first-order chi connectivity index (χ1) is 14.8. The fraction of sp³-hybridized carbons (Fsp3) is 0.542. The third-order valence-electron chi connectivity index (χ3n) is 6.19. The summed E-state index contributed by atoms with van der Waals surface area (Å²) in [5.41, 5.74) is 2.21. The summed E-state index contributed by atoms with van der Waals surface area (Å²) in [6.07, 6.45) is 1.34. The second kappa shape index (κ2) is 9.98. The summed E-state index contributed by atoms with van der Waals surface area (Å²) in [5.74, 6) is 1.63. The van der Waals surface area contributed by atoms with Gasteiger partial charge in [-0.05, 0) is 51.7 Å². The largest absolute Gasteiger partial charge is 0.488 e. The summed E-state index contributed by atoms with van der Waals surface area (Å²) in [7, 11) is 0. The first kappa shape index (κ1) is 22.8. The Hall–Kier alpha value is -2.83. The first-order valence-corrected chi connectivity index (χ1v) is 11.0. The highest BCUT2D eigenvalue weighted by atomic mass is 16.5. The number of likely N-dealkylation sites (tertiary alicyclic amines) is 1. The smallest absolute Gasteiger partial charge is 0.257 e. The lowest BCUT2D eigenvalue weighted by Crippen LogP contribution is -2.45. The predicted octanol–water partition coefficient (Wildman–Crippen LogP) is 3.88. The molecule has 1 saturated heterocycles. The fourth-order valence-electron chi connectivity index (χ4n) is 3.65. The van der Waals surface area contributed by atoms with Crippen LogP contribution in [0.4, 0.5) is 0 Å². The highest BCUT2D eigenvalue weighted by molar-refractivity contribution is 5.97. The number of amides is 2. The molecule has 1 aliphatic rings. The number of hydrogen-bond acceptors (Lipinski definition) is 5. The van der Waals surface area contributed by atoms with Gasteiger partial charge in [0, 0.05) is 25.0 Å². The second-order valence-corrected chi connectivity index (χ2v) is 8.70. The van der Waals surface area contributed by atoms with Gasteiger partial charge >= 0.3 is 0 Å². The molecule has 2 aromatic rings. The Balaban J connectivity index is 1.61. The van der Waals surface area contributed by atoms with Gasteiger partial charge in [-0.15, -0.1) is 0 Å². The van der Waals surface area contributed by atoms with Gasteiger partial charge in [0.05, 0.1) is 16.8 Å². The number of piperidine rings is 1. The molecule has 0 radical (unpaired) electrons. The minimum atomic E-state index is -0.0660. The van der Waals surface area contributed by atoms with Crippen molar-refractivity contribution < 1.29 is 18.8 Å². The van der Waals surface area contributed by atoms with Crippen LogP contribution in [0.25, 0.3) is 0 Å². The first-order valence-electron chi connectivity index (χ1n) is 11.0. The summed E-state index contributed by atoms with van der Waals surface area (Å²) >= 11 is 0. The normalized spacial score (nSPS) is 15.7. The summed E-state index contributed by atoms with van der Waals surface area (Å²) in [5, 5.41) is 7.04. The van der Waals surface area contributed by atoms with Crippen LogP contribution in [-0.4, -0.2) is 41.0 Å². The molecule has 31 heavy (non-hydrogen) atoms. The van der Waals surface area contributed by atoms with Crippen molar-refractivity contribution in [3.05, 3.63) is 46.8 Å². The van der Waals surface area contributed by atoms with Gasteiger partial charge in [0.25, 0.3) is 5.91 Å². The van der Waals surface area contributed by atoms with Crippen molar-refractivity contribution >= 4 is 11.8 Å². The van der Waals surface area contributed by atoms with Crippen LogP contribution in [0, 0.1) is 25.7 Å². The number of rotatable bonds is 7. The van der Waals surface area contributed by atoms with Crippen LogP contribution in [0.5, 0.6) is 5.75 Å². The lowest BCUT2D eigenvalue weighted by atomic mass is 9.94. The van der Waals surface area contributed by atoms with Crippen molar-refractivity contribution in [2.45, 2.75) is 60.1 Å². The van der Waals surface area contributed by atoms with E-state index in [-0.39, 0.29) is 23.8 Å². The average Bonchev–Trinajstić information content (AvgIpc) is 3.09. The minimum absolute atomic E-state index is 0.0451. The zero-order valence-electron chi connectivity index (χ0n) is 19.1. The number of nitrogens with one attached hydrogen (secondary N) is 1. The van der Waals surface area contributed by atoms with Gasteiger partial charge in [0.15, 0.2) is 0 Å². The maximum absolute atomic E-state index is 13.2. The molecule has 2 amide bonds. The van der Waals surface area contributed by atoms with Crippen LogP contribution in [0.1, 0.15) is 61.0 Å². The molecule has 2 heterocycles. The maximum atomic E-state index is 13.2. The van der Waals surface area contributed by atoms with Crippen LogP contribution in [0.15, 0.2) is 28.8 Å². The van der Waals surface area contributed by atoms with Gasteiger partial charge in [-0.3, -0.25) is 9.59 Å². The molecule has 0 bridgehead atoms. The van der Waals surface area contributed by atoms with E-state index in [1.165, 1.54) is 0 Å². The molecule has 0 saturated carbocycles. The molecule has 1 unspecified atom stereocenters. The standard InChI is InChI=1S/C24H33N3O4/c1-15(2)16(3)25-23(28)19-10-12-27(13-11-19)24(29)20-8-6-7-9-22(20)30-14-21-17(4)26-31-18(21)5/h6-9,15-16,19H,10-14H2,1-5H3,(H,25,28). The number of aromatic nitrogens is 1. The maximum Gasteiger partial charge on any atom is 0.257 e. The van der Waals surface area contributed by atoms with Gasteiger partial charge in [-0.25, -0.2) is 0 Å². The quantitative estimate of drug-likeness (QED) is 0.725. The Bertz CT molecular complexity index is 894. The van der Waals surface area contributed by atoms with E-state index in [9.17, 15) is 9.59 Å². The number of ether oxygens (including phenoxy) is 1. The van der Waals surface area contributed by atoms with Crippen LogP contribution >= 0.6 is 0 Å². The zero-order valence-corrected chi connectivity index (χ0v) is 19.1. The van der Waals surface area contributed by atoms with Crippen molar-refractivity contribution in [3.63, 3.8) is 0 Å². The van der Waals surface area contributed by atoms with Gasteiger partial charge in [0.1, 0.15) is 18.1 Å². The number of aryl methyl sites for hydroxylation is 2. The molecule has 1 N–H and O–H groups in total. The Morgan fingerprint density at radius 1 is 1.19 bits per heavy atom. The van der Waals surface area contributed by atoms with Crippen LogP contribution in [0.2, 0.25) is 0 Å². The summed E-state index contributed by atoms with van der Waals surface area (Å²) < 4.78 is 11.2. The lowest BCUT2D eigenvalue weighted by Gasteiger charge is -2.32. The Kier molecular flexibility index (Phi) is 7.36. The molecule has 1 aromatic heterocycles. The van der Waals surface area contributed by atoms with E-state index >= 15 is 0 Å². The monoisotopic (exact) mass is 427 g/mol. The number of carbonyl (C=O) groups is 2. The van der Waals surface area contributed by atoms with Crippen LogP contribution in [-0.2, 0) is 11.4 Å². The molecule has 3 rings (SSSR count). The van der Waals surface area contributed by atoms with E-state index in [0.717, 1.165) is 11.3 Å². The molecule has 1 aromatic carbocycles. The van der Waals surface area contributed by atoms with E-state index in [2.05, 4.69) is 24.3 Å². The van der Waals surface area contributed by atoms with Crippen LogP contribution in [0.3, 0.4) is 0 Å². The Morgan fingerprint density at radius 3 is 2.48 bits per heavy atom. The van der Waals surface area contributed by atoms with Crippen molar-refractivity contribution in [1.82, 2.24) is 15.4 Å². The topological polar surface area (TPSA) is 84.7 Å². The summed E-state index contributed by atoms with van der Waals surface area (Å²) in [6.45, 7) is 11.3. The van der Waals surface area contributed by atoms with Gasteiger partial charge < -0.3 is 19.5 Å². The molecular formula is C24H33N3O4. The van der Waals surface area contributed by atoms with E-state index in [1.54, 1.807) is 12.1 Å². The summed E-state index contributed by atoms with van der Waals surface area (Å²) in [4.78, 5) is 27.5. The van der Waals surface area contributed by atoms with Crippen molar-refractivity contribution in [2.24, 2.45) is 11.8 Å². The van der Waals surface area contributed by atoms with Gasteiger partial charge in [0.2, 0.25) is 5.91 Å². The van der Waals surface area contributed by atoms with Crippen molar-refractivity contribution in [1.29, 1.82) is 0 Å². The average molecular weight is 428 g/mol. The number of hydrogen-bond donors (Lipinski definition) is 1. The molecule has 1 atom stereocenters. The Morgan fingerprint density at radius 2 is 1.87 bits per heavy atom. The van der Waals surface area contributed by atoms with E-state index < -0.39 is 0 Å². The lowest BCUT2D eigenvalue weighted by molar-refractivity contribution is -0.127. The van der Waals surface area contributed by atoms with Gasteiger partial charge in [-0.2, -0.15) is 0 Å². The minimum Gasteiger partial charge on any atom is -0.488 e. The van der Waals surface area contributed by atoms with Gasteiger partial charge in [-0.1, -0.05) is 31.1 Å². The number of benzene rings is 1. The summed E-state index contributed by atoms with van der Waals surface area (Å²) in [6, 6.07) is 7.43. The highest BCUT2D eigenvalue weighted by Gasteiger charge is 2.29. The number of para-hydroxylation sites is 1. The molecule has 0 spiro atoms. The molecule has 168 valence electrons. The molecular weight excluding hydrogens is 394 g/mol. The molecule has 0 aliphatic carbocycles. The molecule has 7 heteroatoms. The van der Waals surface area contributed by atoms with E-state index in [1.807, 2.05) is 37.8 Å². The fourth-order valence-corrected chi connectivity index (χ4v) is 3.65. The number of carbonyl (C=O) groups excluding carboxylic acids is 2. The highest BCUT2D eigenvalue weighted by Crippen LogP contribution is 2.25. The zero-order chi connectivity index (χ0) is 22.5. The van der Waals surface area contributed by atoms with Crippen LogP contribution < -0.4 is 10.1 Å². The number of nitrogens with zero attached hydrogens (tertiary/aromatic N) is 2. The third-order valence-corrected chi connectivity index (χ3v) is 6.19. The molecule has 7 nitrogen and oxygen atoms in total. The molecule has 1 aliphatic heterocycles. The molecule has 1 fully saturated rings. The second-order valence-electron chi connectivity index (χ2n) is 8.70. The Labute approximate surface area is 184 Å².